The monoisotopic (exact) mass is 391 g/mol. The van der Waals surface area contributed by atoms with Gasteiger partial charge in [0.15, 0.2) is 0 Å². The van der Waals surface area contributed by atoms with Crippen molar-refractivity contribution in [1.29, 1.82) is 0 Å². The number of carbonyl (C=O) groups excluding carboxylic acids is 3. The van der Waals surface area contributed by atoms with Crippen molar-refractivity contribution in [2.45, 2.75) is 77.7 Å². The zero-order chi connectivity index (χ0) is 20.8. The smallest absolute Gasteiger partial charge is 0.328 e. The third kappa shape index (κ3) is 9.53. The predicted molar refractivity (Wildman–Crippen MR) is 108 cm³/mol. The Kier molecular flexibility index (Phi) is 11.6. The standard InChI is InChI=1S/C22H33NO5/c1-4-6-8-10-20(24)23-19(22(26)27-3)16-17-12-14-18(15-13-17)28-21(25)11-9-7-5-2/h12-15,19H,4-11,16H2,1-3H3,(H,23,24)/t19-/m0/s1. The Labute approximate surface area is 168 Å². The maximum atomic E-state index is 12.0. The molecule has 0 unspecified atom stereocenters. The van der Waals surface area contributed by atoms with Crippen molar-refractivity contribution in [3.05, 3.63) is 29.8 Å². The molecule has 1 amide bonds. The summed E-state index contributed by atoms with van der Waals surface area (Å²) in [6.07, 6.45) is 6.82. The Bertz CT molecular complexity index is 612. The van der Waals surface area contributed by atoms with Crippen LogP contribution in [0.2, 0.25) is 0 Å². The molecule has 1 N–H and O–H groups in total. The highest BCUT2D eigenvalue weighted by Crippen LogP contribution is 2.15. The van der Waals surface area contributed by atoms with E-state index in [0.717, 1.165) is 44.1 Å². The van der Waals surface area contributed by atoms with E-state index < -0.39 is 12.0 Å². The number of ether oxygens (including phenoxy) is 2. The third-order valence-electron chi connectivity index (χ3n) is 4.41. The van der Waals surface area contributed by atoms with Gasteiger partial charge in [-0.1, -0.05) is 51.7 Å². The van der Waals surface area contributed by atoms with Crippen molar-refractivity contribution < 1.29 is 23.9 Å². The lowest BCUT2D eigenvalue weighted by molar-refractivity contribution is -0.145. The van der Waals surface area contributed by atoms with Crippen molar-refractivity contribution >= 4 is 17.8 Å². The number of carbonyl (C=O) groups is 3. The minimum atomic E-state index is -0.735. The Hall–Kier alpha value is -2.37. The van der Waals surface area contributed by atoms with E-state index in [0.29, 0.717) is 25.0 Å². The van der Waals surface area contributed by atoms with Gasteiger partial charge in [0.2, 0.25) is 5.91 Å². The first-order chi connectivity index (χ1) is 13.5. The van der Waals surface area contributed by atoms with Crippen LogP contribution in [0, 0.1) is 0 Å². The molecule has 28 heavy (non-hydrogen) atoms. The van der Waals surface area contributed by atoms with Gasteiger partial charge in [-0.2, -0.15) is 0 Å². The number of methoxy groups -OCH3 is 1. The molecule has 1 aromatic rings. The summed E-state index contributed by atoms with van der Waals surface area (Å²) in [4.78, 5) is 35.8. The molecule has 0 heterocycles. The first-order valence-corrected chi connectivity index (χ1v) is 10.2. The molecule has 156 valence electrons. The van der Waals surface area contributed by atoms with Crippen LogP contribution in [-0.4, -0.2) is 31.0 Å². The molecule has 6 nitrogen and oxygen atoms in total. The second-order valence-electron chi connectivity index (χ2n) is 6.88. The number of nitrogens with one attached hydrogen (secondary N) is 1. The van der Waals surface area contributed by atoms with Gasteiger partial charge in [-0.05, 0) is 30.5 Å². The summed E-state index contributed by atoms with van der Waals surface area (Å²) < 4.78 is 10.1. The normalized spacial score (nSPS) is 11.5. The maximum Gasteiger partial charge on any atom is 0.328 e. The molecular weight excluding hydrogens is 358 g/mol. The van der Waals surface area contributed by atoms with E-state index in [1.807, 2.05) is 0 Å². The molecule has 0 aromatic heterocycles. The van der Waals surface area contributed by atoms with Crippen LogP contribution in [0.5, 0.6) is 5.75 Å². The average Bonchev–Trinajstić information content (AvgIpc) is 2.68. The van der Waals surface area contributed by atoms with Gasteiger partial charge in [-0.3, -0.25) is 9.59 Å². The Morgan fingerprint density at radius 2 is 1.54 bits per heavy atom. The highest BCUT2D eigenvalue weighted by Gasteiger charge is 2.21. The lowest BCUT2D eigenvalue weighted by atomic mass is 10.1. The fraction of sp³-hybridized carbons (Fsp3) is 0.591. The van der Waals surface area contributed by atoms with E-state index in [9.17, 15) is 14.4 Å². The summed E-state index contributed by atoms with van der Waals surface area (Å²) >= 11 is 0. The molecule has 0 spiro atoms. The molecular formula is C22H33NO5. The molecule has 1 aromatic carbocycles. The largest absolute Gasteiger partial charge is 0.467 e. The first-order valence-electron chi connectivity index (χ1n) is 10.2. The van der Waals surface area contributed by atoms with Crippen LogP contribution in [0.4, 0.5) is 0 Å². The van der Waals surface area contributed by atoms with Crippen LogP contribution in [0.3, 0.4) is 0 Å². The summed E-state index contributed by atoms with van der Waals surface area (Å²) in [5, 5.41) is 2.75. The number of hydrogen-bond acceptors (Lipinski definition) is 5. The highest BCUT2D eigenvalue weighted by molar-refractivity contribution is 5.84. The van der Waals surface area contributed by atoms with Crippen LogP contribution in [-0.2, 0) is 25.5 Å². The second kappa shape index (κ2) is 13.7. The second-order valence-corrected chi connectivity index (χ2v) is 6.88. The minimum Gasteiger partial charge on any atom is -0.467 e. The summed E-state index contributed by atoms with van der Waals surface area (Å²) in [5.41, 5.74) is 0.843. The van der Waals surface area contributed by atoms with Gasteiger partial charge in [0.25, 0.3) is 0 Å². The van der Waals surface area contributed by atoms with Crippen molar-refractivity contribution in [1.82, 2.24) is 5.32 Å². The first kappa shape index (κ1) is 23.7. The van der Waals surface area contributed by atoms with Crippen LogP contribution in [0.15, 0.2) is 24.3 Å². The van der Waals surface area contributed by atoms with Gasteiger partial charge in [-0.15, -0.1) is 0 Å². The summed E-state index contributed by atoms with van der Waals surface area (Å²) in [5.74, 6) is -0.395. The molecule has 0 radical (unpaired) electrons. The summed E-state index contributed by atoms with van der Waals surface area (Å²) in [6, 6.07) is 6.23. The molecule has 0 aliphatic carbocycles. The van der Waals surface area contributed by atoms with Gasteiger partial charge in [0.05, 0.1) is 7.11 Å². The SMILES string of the molecule is CCCCCC(=O)N[C@@H](Cc1ccc(OC(=O)CCCCC)cc1)C(=O)OC. The maximum absolute atomic E-state index is 12.0. The number of hydrogen-bond donors (Lipinski definition) is 1. The lowest BCUT2D eigenvalue weighted by Crippen LogP contribution is -2.43. The van der Waals surface area contributed by atoms with Gasteiger partial charge in [0.1, 0.15) is 11.8 Å². The molecule has 1 rings (SSSR count). The minimum absolute atomic E-state index is 0.151. The van der Waals surface area contributed by atoms with Crippen LogP contribution >= 0.6 is 0 Å². The van der Waals surface area contributed by atoms with Crippen molar-refractivity contribution in [2.24, 2.45) is 0 Å². The number of benzene rings is 1. The molecule has 0 saturated heterocycles. The molecule has 0 fully saturated rings. The summed E-state index contributed by atoms with van der Waals surface area (Å²) in [7, 11) is 1.31. The third-order valence-corrected chi connectivity index (χ3v) is 4.41. The van der Waals surface area contributed by atoms with E-state index >= 15 is 0 Å². The number of unbranched alkanes of at least 4 members (excludes halogenated alkanes) is 4. The molecule has 0 aliphatic rings. The zero-order valence-corrected chi connectivity index (χ0v) is 17.3. The molecule has 0 aliphatic heterocycles. The Morgan fingerprint density at radius 1 is 0.929 bits per heavy atom. The molecule has 0 saturated carbocycles. The average molecular weight is 392 g/mol. The lowest BCUT2D eigenvalue weighted by Gasteiger charge is -2.17. The van der Waals surface area contributed by atoms with Gasteiger partial charge in [0, 0.05) is 19.3 Å². The fourth-order valence-electron chi connectivity index (χ4n) is 2.77. The van der Waals surface area contributed by atoms with E-state index in [2.05, 4.69) is 19.2 Å². The number of esters is 2. The highest BCUT2D eigenvalue weighted by atomic mass is 16.5. The van der Waals surface area contributed by atoms with Gasteiger partial charge < -0.3 is 14.8 Å². The van der Waals surface area contributed by atoms with Crippen LogP contribution < -0.4 is 10.1 Å². The Morgan fingerprint density at radius 3 is 2.11 bits per heavy atom. The van der Waals surface area contributed by atoms with Crippen molar-refractivity contribution in [3.8, 4) is 5.75 Å². The molecule has 0 bridgehead atoms. The molecule has 6 heteroatoms. The van der Waals surface area contributed by atoms with Crippen molar-refractivity contribution in [3.63, 3.8) is 0 Å². The Balaban J connectivity index is 2.60. The van der Waals surface area contributed by atoms with E-state index in [1.165, 1.54) is 7.11 Å². The van der Waals surface area contributed by atoms with Crippen molar-refractivity contribution in [2.75, 3.05) is 7.11 Å². The molecule has 1 atom stereocenters. The zero-order valence-electron chi connectivity index (χ0n) is 17.3. The fourth-order valence-corrected chi connectivity index (χ4v) is 2.77. The van der Waals surface area contributed by atoms with Crippen LogP contribution in [0.25, 0.3) is 0 Å². The van der Waals surface area contributed by atoms with Crippen LogP contribution in [0.1, 0.15) is 70.8 Å². The number of rotatable bonds is 13. The topological polar surface area (TPSA) is 81.7 Å². The van der Waals surface area contributed by atoms with Gasteiger partial charge >= 0.3 is 11.9 Å². The van der Waals surface area contributed by atoms with E-state index in [-0.39, 0.29) is 11.9 Å². The number of amides is 1. The van der Waals surface area contributed by atoms with Gasteiger partial charge in [-0.25, -0.2) is 4.79 Å². The summed E-state index contributed by atoms with van der Waals surface area (Å²) in [6.45, 7) is 4.15. The quantitative estimate of drug-likeness (QED) is 0.313. The van der Waals surface area contributed by atoms with E-state index in [1.54, 1.807) is 24.3 Å². The van der Waals surface area contributed by atoms with E-state index in [4.69, 9.17) is 9.47 Å². The predicted octanol–water partition coefficient (Wildman–Crippen LogP) is 3.95.